The molecule has 1 heterocycles. The molecular weight excluding hydrogens is 388 g/mol. The van der Waals surface area contributed by atoms with Gasteiger partial charge in [0, 0.05) is 12.1 Å². The topological polar surface area (TPSA) is 82.5 Å². The molecule has 3 aromatic rings. The molecule has 1 saturated carbocycles. The van der Waals surface area contributed by atoms with Crippen molar-refractivity contribution in [3.05, 3.63) is 66.2 Å². The summed E-state index contributed by atoms with van der Waals surface area (Å²) in [7, 11) is 0. The van der Waals surface area contributed by atoms with Crippen molar-refractivity contribution in [1.82, 2.24) is 4.98 Å². The number of benzene rings is 2. The first-order valence-electron chi connectivity index (χ1n) is 10.8. The van der Waals surface area contributed by atoms with Gasteiger partial charge in [-0.2, -0.15) is 0 Å². The zero-order valence-corrected chi connectivity index (χ0v) is 17.7. The van der Waals surface area contributed by atoms with Crippen LogP contribution in [0.25, 0.3) is 22.4 Å². The molecule has 0 aliphatic heterocycles. The number of aliphatic carboxylic acids is 1. The zero-order valence-electron chi connectivity index (χ0n) is 17.7. The predicted molar refractivity (Wildman–Crippen MR) is 123 cm³/mol. The Balaban J connectivity index is 1.60. The minimum absolute atomic E-state index is 0.202. The van der Waals surface area contributed by atoms with Crippen LogP contribution < -0.4 is 5.32 Å². The van der Waals surface area contributed by atoms with Gasteiger partial charge in [0.25, 0.3) is 0 Å². The first-order chi connectivity index (χ1) is 15.0. The van der Waals surface area contributed by atoms with Gasteiger partial charge in [-0.1, -0.05) is 42.0 Å². The van der Waals surface area contributed by atoms with Crippen molar-refractivity contribution in [2.24, 2.45) is 11.8 Å². The Bertz CT molecular complexity index is 1060. The van der Waals surface area contributed by atoms with Crippen LogP contribution in [0.15, 0.2) is 60.7 Å². The minimum atomic E-state index is -0.675. The van der Waals surface area contributed by atoms with Crippen molar-refractivity contribution in [3.8, 4) is 28.1 Å². The number of carboxylic acid groups (broad SMARTS) is 1. The van der Waals surface area contributed by atoms with Crippen LogP contribution in [0.3, 0.4) is 0 Å². The Morgan fingerprint density at radius 1 is 1.00 bits per heavy atom. The number of aryl methyl sites for hydroxylation is 1. The van der Waals surface area contributed by atoms with E-state index in [1.807, 2.05) is 49.4 Å². The van der Waals surface area contributed by atoms with E-state index in [0.717, 1.165) is 60.4 Å². The molecule has 0 amide bonds. The standard InChI is InChI=1S/C26H28N2O3/c1-17-7-12-24(29)22(13-17)23-14-21(19-5-3-2-4-6-19)15-25(28-23)27-16-18-8-10-20(11-9-18)26(30)31/h2-7,12-15,18,20,29H,8-11,16H2,1H3,(H,27,28)(H,30,31). The molecule has 0 bridgehead atoms. The predicted octanol–water partition coefficient (Wildman–Crippen LogP) is 5.73. The molecule has 4 rings (SSSR count). The number of carboxylic acids is 1. The first kappa shape index (κ1) is 20.9. The van der Waals surface area contributed by atoms with Gasteiger partial charge >= 0.3 is 5.97 Å². The van der Waals surface area contributed by atoms with Gasteiger partial charge in [-0.05, 0) is 73.9 Å². The number of anilines is 1. The Labute approximate surface area is 182 Å². The average molecular weight is 417 g/mol. The van der Waals surface area contributed by atoms with Gasteiger partial charge in [-0.3, -0.25) is 4.79 Å². The van der Waals surface area contributed by atoms with Crippen molar-refractivity contribution in [2.75, 3.05) is 11.9 Å². The summed E-state index contributed by atoms with van der Waals surface area (Å²) in [5.74, 6) is 0.533. The van der Waals surface area contributed by atoms with Gasteiger partial charge in [-0.15, -0.1) is 0 Å². The second-order valence-corrected chi connectivity index (χ2v) is 8.45. The number of nitrogens with one attached hydrogen (secondary N) is 1. The van der Waals surface area contributed by atoms with E-state index in [9.17, 15) is 15.0 Å². The fourth-order valence-electron chi connectivity index (χ4n) is 4.27. The molecule has 1 aliphatic carbocycles. The van der Waals surface area contributed by atoms with Crippen molar-refractivity contribution in [1.29, 1.82) is 0 Å². The van der Waals surface area contributed by atoms with Crippen LogP contribution in [0, 0.1) is 18.8 Å². The third-order valence-corrected chi connectivity index (χ3v) is 6.13. The van der Waals surface area contributed by atoms with Gasteiger partial charge in [0.15, 0.2) is 0 Å². The van der Waals surface area contributed by atoms with Crippen LogP contribution in [0.2, 0.25) is 0 Å². The molecule has 1 fully saturated rings. The number of phenolic OH excluding ortho intramolecular Hbond substituents is 1. The zero-order chi connectivity index (χ0) is 21.8. The minimum Gasteiger partial charge on any atom is -0.507 e. The number of hydrogen-bond donors (Lipinski definition) is 3. The highest BCUT2D eigenvalue weighted by molar-refractivity contribution is 5.76. The summed E-state index contributed by atoms with van der Waals surface area (Å²) < 4.78 is 0. The lowest BCUT2D eigenvalue weighted by Gasteiger charge is -2.26. The quantitative estimate of drug-likeness (QED) is 0.478. The summed E-state index contributed by atoms with van der Waals surface area (Å²) in [6.07, 6.45) is 3.30. The molecule has 31 heavy (non-hydrogen) atoms. The molecular formula is C26H28N2O3. The number of aromatic nitrogens is 1. The summed E-state index contributed by atoms with van der Waals surface area (Å²) in [5, 5.41) is 23.1. The molecule has 5 nitrogen and oxygen atoms in total. The van der Waals surface area contributed by atoms with Gasteiger partial charge in [-0.25, -0.2) is 4.98 Å². The highest BCUT2D eigenvalue weighted by Crippen LogP contribution is 2.34. The third kappa shape index (κ3) is 5.05. The molecule has 0 saturated heterocycles. The fourth-order valence-corrected chi connectivity index (χ4v) is 4.27. The first-order valence-corrected chi connectivity index (χ1v) is 10.8. The third-order valence-electron chi connectivity index (χ3n) is 6.13. The van der Waals surface area contributed by atoms with Crippen molar-refractivity contribution < 1.29 is 15.0 Å². The average Bonchev–Trinajstić information content (AvgIpc) is 2.80. The second kappa shape index (κ2) is 9.21. The van der Waals surface area contributed by atoms with Gasteiger partial charge < -0.3 is 15.5 Å². The highest BCUT2D eigenvalue weighted by Gasteiger charge is 2.25. The number of nitrogens with zero attached hydrogens (tertiary/aromatic N) is 1. The summed E-state index contributed by atoms with van der Waals surface area (Å²) in [6.45, 7) is 2.76. The van der Waals surface area contributed by atoms with E-state index < -0.39 is 5.97 Å². The van der Waals surface area contributed by atoms with E-state index in [-0.39, 0.29) is 11.7 Å². The molecule has 0 atom stereocenters. The van der Waals surface area contributed by atoms with E-state index in [1.54, 1.807) is 6.07 Å². The fraction of sp³-hybridized carbons (Fsp3) is 0.308. The van der Waals surface area contributed by atoms with E-state index in [2.05, 4.69) is 17.4 Å². The number of carbonyl (C=O) groups is 1. The lowest BCUT2D eigenvalue weighted by Crippen LogP contribution is -2.25. The molecule has 5 heteroatoms. The molecule has 0 radical (unpaired) electrons. The molecule has 160 valence electrons. The summed E-state index contributed by atoms with van der Waals surface area (Å²) in [6, 6.07) is 19.7. The van der Waals surface area contributed by atoms with Crippen LogP contribution in [-0.4, -0.2) is 27.7 Å². The van der Waals surface area contributed by atoms with E-state index >= 15 is 0 Å². The van der Waals surface area contributed by atoms with Gasteiger partial charge in [0.1, 0.15) is 11.6 Å². The van der Waals surface area contributed by atoms with Crippen LogP contribution in [0.4, 0.5) is 5.82 Å². The van der Waals surface area contributed by atoms with Crippen molar-refractivity contribution in [3.63, 3.8) is 0 Å². The number of pyridine rings is 1. The van der Waals surface area contributed by atoms with Crippen LogP contribution in [0.1, 0.15) is 31.2 Å². The van der Waals surface area contributed by atoms with Crippen molar-refractivity contribution >= 4 is 11.8 Å². The highest BCUT2D eigenvalue weighted by atomic mass is 16.4. The Morgan fingerprint density at radius 3 is 2.45 bits per heavy atom. The normalized spacial score (nSPS) is 18.5. The number of hydrogen-bond acceptors (Lipinski definition) is 4. The maximum atomic E-state index is 11.2. The molecule has 1 aliphatic rings. The van der Waals surface area contributed by atoms with Crippen molar-refractivity contribution in [2.45, 2.75) is 32.6 Å². The maximum Gasteiger partial charge on any atom is 0.306 e. The molecule has 0 unspecified atom stereocenters. The van der Waals surface area contributed by atoms with Gasteiger partial charge in [0.2, 0.25) is 0 Å². The van der Waals surface area contributed by atoms with Crippen LogP contribution >= 0.6 is 0 Å². The Hall–Kier alpha value is -3.34. The summed E-state index contributed by atoms with van der Waals surface area (Å²) >= 11 is 0. The van der Waals surface area contributed by atoms with E-state index in [0.29, 0.717) is 11.5 Å². The molecule has 1 aromatic heterocycles. The van der Waals surface area contributed by atoms with Gasteiger partial charge in [0.05, 0.1) is 11.6 Å². The summed E-state index contributed by atoms with van der Waals surface area (Å²) in [5.41, 5.74) is 4.61. The van der Waals surface area contributed by atoms with E-state index in [4.69, 9.17) is 4.98 Å². The monoisotopic (exact) mass is 416 g/mol. The van der Waals surface area contributed by atoms with E-state index in [1.165, 1.54) is 0 Å². The SMILES string of the molecule is Cc1ccc(O)c(-c2cc(-c3ccccc3)cc(NCC3CCC(C(=O)O)CC3)n2)c1. The largest absolute Gasteiger partial charge is 0.507 e. The number of phenols is 1. The second-order valence-electron chi connectivity index (χ2n) is 8.45. The number of aromatic hydroxyl groups is 1. The lowest BCUT2D eigenvalue weighted by atomic mass is 9.82. The maximum absolute atomic E-state index is 11.2. The smallest absolute Gasteiger partial charge is 0.306 e. The molecule has 2 aromatic carbocycles. The number of rotatable bonds is 6. The molecule has 3 N–H and O–H groups in total. The van der Waals surface area contributed by atoms with Crippen LogP contribution in [-0.2, 0) is 4.79 Å². The lowest BCUT2D eigenvalue weighted by molar-refractivity contribution is -0.143. The molecule has 0 spiro atoms. The Morgan fingerprint density at radius 2 is 1.74 bits per heavy atom. The van der Waals surface area contributed by atoms with Crippen LogP contribution in [0.5, 0.6) is 5.75 Å². The Kier molecular flexibility index (Phi) is 6.21. The summed E-state index contributed by atoms with van der Waals surface area (Å²) in [4.78, 5) is 16.0.